The molecule has 0 radical (unpaired) electrons. The van der Waals surface area contributed by atoms with Crippen LogP contribution in [0.3, 0.4) is 0 Å². The van der Waals surface area contributed by atoms with Crippen LogP contribution in [-0.2, 0) is 0 Å². The Labute approximate surface area is 93.9 Å². The maximum atomic E-state index is 5.49. The lowest BCUT2D eigenvalue weighted by atomic mass is 10.9. The average Bonchev–Trinajstić information content (AvgIpc) is 2.69. The first-order chi connectivity index (χ1) is 7.28. The van der Waals surface area contributed by atoms with E-state index in [1.165, 1.54) is 30.2 Å². The van der Waals surface area contributed by atoms with E-state index in [9.17, 15) is 0 Å². The zero-order valence-corrected chi connectivity index (χ0v) is 9.38. The molecule has 0 aliphatic heterocycles. The molecule has 0 aliphatic rings. The Balaban J connectivity index is 2.24. The summed E-state index contributed by atoms with van der Waals surface area (Å²) in [6.45, 7) is 0. The SMILES string of the molecule is COc1nc(N)nc(Sc2nccs2)n1. The van der Waals surface area contributed by atoms with E-state index in [1.54, 1.807) is 6.20 Å². The van der Waals surface area contributed by atoms with E-state index in [0.29, 0.717) is 5.16 Å². The van der Waals surface area contributed by atoms with E-state index >= 15 is 0 Å². The second-order valence-corrected chi connectivity index (χ2v) is 4.47. The van der Waals surface area contributed by atoms with Gasteiger partial charge >= 0.3 is 6.01 Å². The van der Waals surface area contributed by atoms with Crippen molar-refractivity contribution >= 4 is 29.0 Å². The van der Waals surface area contributed by atoms with Crippen molar-refractivity contribution in [1.29, 1.82) is 0 Å². The molecular formula is C7H7N5OS2. The van der Waals surface area contributed by atoms with Crippen LogP contribution in [-0.4, -0.2) is 27.0 Å². The van der Waals surface area contributed by atoms with Gasteiger partial charge in [-0.15, -0.1) is 11.3 Å². The van der Waals surface area contributed by atoms with Gasteiger partial charge in [-0.25, -0.2) is 4.98 Å². The van der Waals surface area contributed by atoms with E-state index in [2.05, 4.69) is 19.9 Å². The van der Waals surface area contributed by atoms with E-state index < -0.39 is 0 Å². The number of methoxy groups -OCH3 is 1. The topological polar surface area (TPSA) is 86.8 Å². The molecule has 2 N–H and O–H groups in total. The summed E-state index contributed by atoms with van der Waals surface area (Å²) in [4.78, 5) is 15.9. The number of rotatable bonds is 3. The van der Waals surface area contributed by atoms with Gasteiger partial charge in [0.1, 0.15) is 0 Å². The number of thiazole rings is 1. The maximum Gasteiger partial charge on any atom is 0.321 e. The van der Waals surface area contributed by atoms with Crippen molar-refractivity contribution in [2.75, 3.05) is 12.8 Å². The monoisotopic (exact) mass is 241 g/mol. The van der Waals surface area contributed by atoms with Crippen molar-refractivity contribution in [2.45, 2.75) is 9.50 Å². The summed E-state index contributed by atoms with van der Waals surface area (Å²) in [5, 5.41) is 2.36. The number of ether oxygens (including phenoxy) is 1. The molecule has 0 amide bonds. The van der Waals surface area contributed by atoms with Gasteiger partial charge in [-0.05, 0) is 11.8 Å². The molecule has 0 aromatic carbocycles. The van der Waals surface area contributed by atoms with Crippen LogP contribution >= 0.6 is 23.1 Å². The zero-order chi connectivity index (χ0) is 10.7. The van der Waals surface area contributed by atoms with Gasteiger partial charge in [-0.1, -0.05) is 0 Å². The van der Waals surface area contributed by atoms with Crippen LogP contribution in [0.2, 0.25) is 0 Å². The minimum Gasteiger partial charge on any atom is -0.467 e. The molecule has 15 heavy (non-hydrogen) atoms. The van der Waals surface area contributed by atoms with Gasteiger partial charge in [-0.3, -0.25) is 0 Å². The van der Waals surface area contributed by atoms with E-state index in [4.69, 9.17) is 10.5 Å². The molecule has 2 aromatic heterocycles. The Morgan fingerprint density at radius 1 is 1.40 bits per heavy atom. The largest absolute Gasteiger partial charge is 0.467 e. The van der Waals surface area contributed by atoms with Gasteiger partial charge in [0.2, 0.25) is 11.1 Å². The van der Waals surface area contributed by atoms with Crippen LogP contribution in [0.1, 0.15) is 0 Å². The average molecular weight is 241 g/mol. The first-order valence-electron chi connectivity index (χ1n) is 3.91. The summed E-state index contributed by atoms with van der Waals surface area (Å²) in [6.07, 6.45) is 1.72. The van der Waals surface area contributed by atoms with Gasteiger partial charge in [0.25, 0.3) is 0 Å². The Morgan fingerprint density at radius 3 is 2.93 bits per heavy atom. The Hall–Kier alpha value is -1.41. The molecule has 78 valence electrons. The zero-order valence-electron chi connectivity index (χ0n) is 7.75. The van der Waals surface area contributed by atoms with Gasteiger partial charge < -0.3 is 10.5 Å². The third-order valence-electron chi connectivity index (χ3n) is 1.38. The molecule has 2 aromatic rings. The summed E-state index contributed by atoms with van der Waals surface area (Å²) in [6, 6.07) is 0.210. The lowest BCUT2D eigenvalue weighted by Crippen LogP contribution is -2.01. The molecule has 0 spiro atoms. The molecule has 2 heterocycles. The predicted octanol–water partition coefficient (Wildman–Crippen LogP) is 1.07. The highest BCUT2D eigenvalue weighted by Crippen LogP contribution is 2.27. The number of hydrogen-bond acceptors (Lipinski definition) is 8. The number of anilines is 1. The van der Waals surface area contributed by atoms with Crippen molar-refractivity contribution in [3.05, 3.63) is 11.6 Å². The van der Waals surface area contributed by atoms with Crippen LogP contribution in [0, 0.1) is 0 Å². The molecule has 8 heteroatoms. The first kappa shape index (κ1) is 10.1. The highest BCUT2D eigenvalue weighted by Gasteiger charge is 2.07. The lowest BCUT2D eigenvalue weighted by Gasteiger charge is -2.00. The summed E-state index contributed by atoms with van der Waals surface area (Å²) in [7, 11) is 1.48. The van der Waals surface area contributed by atoms with Crippen LogP contribution < -0.4 is 10.5 Å². The van der Waals surface area contributed by atoms with Gasteiger partial charge in [0, 0.05) is 11.6 Å². The quantitative estimate of drug-likeness (QED) is 0.859. The molecule has 0 fully saturated rings. The van der Waals surface area contributed by atoms with Crippen molar-refractivity contribution in [3.8, 4) is 6.01 Å². The van der Waals surface area contributed by atoms with Gasteiger partial charge in [-0.2, -0.15) is 15.0 Å². The fraction of sp³-hybridized carbons (Fsp3) is 0.143. The predicted molar refractivity (Wildman–Crippen MR) is 57.0 cm³/mol. The van der Waals surface area contributed by atoms with Gasteiger partial charge in [0.05, 0.1) is 7.11 Å². The molecule has 0 unspecified atom stereocenters. The lowest BCUT2D eigenvalue weighted by molar-refractivity contribution is 0.374. The second kappa shape index (κ2) is 4.41. The summed E-state index contributed by atoms with van der Waals surface area (Å²) in [5.74, 6) is 0.140. The normalized spacial score (nSPS) is 10.2. The number of aromatic nitrogens is 4. The van der Waals surface area contributed by atoms with E-state index in [1.807, 2.05) is 5.38 Å². The minimum atomic E-state index is 0.140. The fourth-order valence-corrected chi connectivity index (χ4v) is 2.30. The van der Waals surface area contributed by atoms with Crippen molar-refractivity contribution in [1.82, 2.24) is 19.9 Å². The maximum absolute atomic E-state index is 5.49. The van der Waals surface area contributed by atoms with E-state index in [0.717, 1.165) is 4.34 Å². The van der Waals surface area contributed by atoms with Crippen LogP contribution in [0.15, 0.2) is 21.1 Å². The van der Waals surface area contributed by atoms with Crippen LogP contribution in [0.4, 0.5) is 5.95 Å². The first-order valence-corrected chi connectivity index (χ1v) is 5.60. The van der Waals surface area contributed by atoms with Crippen molar-refractivity contribution in [3.63, 3.8) is 0 Å². The molecule has 6 nitrogen and oxygen atoms in total. The molecule has 0 saturated heterocycles. The molecule has 0 saturated carbocycles. The smallest absolute Gasteiger partial charge is 0.321 e. The second-order valence-electron chi connectivity index (χ2n) is 2.36. The number of nitrogens with zero attached hydrogens (tertiary/aromatic N) is 4. The number of nitrogens with two attached hydrogens (primary N) is 1. The summed E-state index contributed by atoms with van der Waals surface area (Å²) in [5.41, 5.74) is 5.49. The minimum absolute atomic E-state index is 0.140. The number of nitrogen functional groups attached to an aromatic ring is 1. The Morgan fingerprint density at radius 2 is 2.27 bits per heavy atom. The Bertz CT molecular complexity index is 447. The fourth-order valence-electron chi connectivity index (χ4n) is 0.829. The summed E-state index contributed by atoms with van der Waals surface area (Å²) < 4.78 is 5.73. The molecule has 0 atom stereocenters. The van der Waals surface area contributed by atoms with E-state index in [-0.39, 0.29) is 12.0 Å². The molecule has 0 aliphatic carbocycles. The standard InChI is InChI=1S/C7H7N5OS2/c1-13-5-10-4(8)11-6(12-5)15-7-9-2-3-14-7/h2-3H,1H3,(H2,8,10,11,12). The molecule has 2 rings (SSSR count). The highest BCUT2D eigenvalue weighted by atomic mass is 32.2. The highest BCUT2D eigenvalue weighted by molar-refractivity contribution is 8.00. The number of hydrogen-bond donors (Lipinski definition) is 1. The van der Waals surface area contributed by atoms with Crippen molar-refractivity contribution < 1.29 is 4.74 Å². The third-order valence-corrected chi connectivity index (χ3v) is 3.13. The van der Waals surface area contributed by atoms with Gasteiger partial charge in [0.15, 0.2) is 4.34 Å². The van der Waals surface area contributed by atoms with Crippen LogP contribution in [0.5, 0.6) is 6.01 Å². The van der Waals surface area contributed by atoms with Crippen molar-refractivity contribution in [2.24, 2.45) is 0 Å². The van der Waals surface area contributed by atoms with Crippen LogP contribution in [0.25, 0.3) is 0 Å². The third kappa shape index (κ3) is 2.54. The Kier molecular flexibility index (Phi) is 2.97. The summed E-state index contributed by atoms with van der Waals surface area (Å²) >= 11 is 2.83. The molecular weight excluding hydrogens is 234 g/mol. The molecule has 0 bridgehead atoms.